The van der Waals surface area contributed by atoms with Crippen molar-refractivity contribution in [1.29, 1.82) is 0 Å². The minimum absolute atomic E-state index is 0.477. The summed E-state index contributed by atoms with van der Waals surface area (Å²) in [6.45, 7) is 4.71. The lowest BCUT2D eigenvalue weighted by Gasteiger charge is -2.35. The number of nitrogens with one attached hydrogen (secondary N) is 1. The standard InChI is InChI=1S/C11H20N/c1-11(2)7-3-4-10(8-11)12-9-5-6-9/h7,9-10,12H,3-6,8H2,1-2H3. The van der Waals surface area contributed by atoms with E-state index in [1.807, 2.05) is 0 Å². The van der Waals surface area contributed by atoms with Gasteiger partial charge in [0.1, 0.15) is 0 Å². The number of rotatable bonds is 2. The molecule has 1 N–H and O–H groups in total. The largest absolute Gasteiger partial charge is 0.311 e. The molecular formula is C11H20N. The van der Waals surface area contributed by atoms with Crippen LogP contribution in [0.5, 0.6) is 0 Å². The SMILES string of the molecule is CC1(C)[CH]CCC(NC2CC2)C1. The Bertz CT molecular complexity index is 158. The Balaban J connectivity index is 1.81. The summed E-state index contributed by atoms with van der Waals surface area (Å²) in [6, 6.07) is 1.68. The summed E-state index contributed by atoms with van der Waals surface area (Å²) in [6.07, 6.45) is 9.32. The lowest BCUT2D eigenvalue weighted by Crippen LogP contribution is -2.38. The predicted octanol–water partition coefficient (Wildman–Crippen LogP) is 2.52. The molecule has 0 amide bonds. The second-order valence-corrected chi connectivity index (χ2v) is 5.11. The molecule has 0 aromatic carbocycles. The molecule has 0 aliphatic heterocycles. The first kappa shape index (κ1) is 8.55. The maximum absolute atomic E-state index is 3.73. The van der Waals surface area contributed by atoms with Crippen LogP contribution in [0.4, 0.5) is 0 Å². The lowest BCUT2D eigenvalue weighted by molar-refractivity contribution is 0.262. The normalized spacial score (nSPS) is 35.0. The van der Waals surface area contributed by atoms with E-state index in [1.54, 1.807) is 0 Å². The Morgan fingerprint density at radius 3 is 2.50 bits per heavy atom. The van der Waals surface area contributed by atoms with Crippen LogP contribution in [-0.4, -0.2) is 12.1 Å². The van der Waals surface area contributed by atoms with Crippen LogP contribution in [-0.2, 0) is 0 Å². The maximum atomic E-state index is 3.73. The zero-order chi connectivity index (χ0) is 8.60. The van der Waals surface area contributed by atoms with Crippen LogP contribution in [0.3, 0.4) is 0 Å². The Morgan fingerprint density at radius 2 is 1.92 bits per heavy atom. The molecule has 0 aromatic rings. The highest BCUT2D eigenvalue weighted by molar-refractivity contribution is 4.96. The third-order valence-corrected chi connectivity index (χ3v) is 3.03. The van der Waals surface area contributed by atoms with Gasteiger partial charge in [-0.2, -0.15) is 0 Å². The quantitative estimate of drug-likeness (QED) is 0.664. The van der Waals surface area contributed by atoms with E-state index < -0.39 is 0 Å². The summed E-state index contributed by atoms with van der Waals surface area (Å²) in [5.74, 6) is 0. The fourth-order valence-electron chi connectivity index (χ4n) is 2.22. The highest BCUT2D eigenvalue weighted by Gasteiger charge is 2.31. The number of hydrogen-bond acceptors (Lipinski definition) is 1. The summed E-state index contributed by atoms with van der Waals surface area (Å²) in [4.78, 5) is 0. The van der Waals surface area contributed by atoms with Gasteiger partial charge in [0.25, 0.3) is 0 Å². The van der Waals surface area contributed by atoms with Gasteiger partial charge < -0.3 is 5.32 Å². The molecule has 69 valence electrons. The van der Waals surface area contributed by atoms with Crippen molar-refractivity contribution in [3.63, 3.8) is 0 Å². The molecular weight excluding hydrogens is 146 g/mol. The number of hydrogen-bond donors (Lipinski definition) is 1. The Labute approximate surface area is 75.9 Å². The molecule has 0 spiro atoms. The summed E-state index contributed by atoms with van der Waals surface area (Å²) >= 11 is 0. The molecule has 1 nitrogen and oxygen atoms in total. The van der Waals surface area contributed by atoms with Crippen LogP contribution in [0.15, 0.2) is 0 Å². The molecule has 0 bridgehead atoms. The van der Waals surface area contributed by atoms with Gasteiger partial charge in [0.2, 0.25) is 0 Å². The monoisotopic (exact) mass is 166 g/mol. The van der Waals surface area contributed by atoms with E-state index >= 15 is 0 Å². The van der Waals surface area contributed by atoms with Crippen molar-refractivity contribution in [2.45, 2.75) is 58.0 Å². The fourth-order valence-corrected chi connectivity index (χ4v) is 2.22. The molecule has 1 radical (unpaired) electrons. The highest BCUT2D eigenvalue weighted by atomic mass is 15.0. The molecule has 1 unspecified atom stereocenters. The first-order valence-corrected chi connectivity index (χ1v) is 5.26. The zero-order valence-corrected chi connectivity index (χ0v) is 8.27. The van der Waals surface area contributed by atoms with E-state index in [0.29, 0.717) is 5.41 Å². The van der Waals surface area contributed by atoms with E-state index in [-0.39, 0.29) is 0 Å². The molecule has 0 heterocycles. The topological polar surface area (TPSA) is 12.0 Å². The van der Waals surface area contributed by atoms with Gasteiger partial charge in [0.05, 0.1) is 0 Å². The van der Waals surface area contributed by atoms with E-state index in [1.165, 1.54) is 32.1 Å². The molecule has 2 aliphatic carbocycles. The van der Waals surface area contributed by atoms with Gasteiger partial charge >= 0.3 is 0 Å². The summed E-state index contributed by atoms with van der Waals surface area (Å²) < 4.78 is 0. The first-order chi connectivity index (χ1) is 5.66. The fraction of sp³-hybridized carbons (Fsp3) is 0.909. The predicted molar refractivity (Wildman–Crippen MR) is 51.9 cm³/mol. The summed E-state index contributed by atoms with van der Waals surface area (Å²) in [5.41, 5.74) is 0.477. The van der Waals surface area contributed by atoms with Crippen molar-refractivity contribution >= 4 is 0 Å². The molecule has 1 atom stereocenters. The molecule has 0 saturated heterocycles. The van der Waals surface area contributed by atoms with Crippen LogP contribution in [0.1, 0.15) is 46.0 Å². The van der Waals surface area contributed by atoms with E-state index in [9.17, 15) is 0 Å². The van der Waals surface area contributed by atoms with Crippen molar-refractivity contribution in [1.82, 2.24) is 5.32 Å². The van der Waals surface area contributed by atoms with Crippen molar-refractivity contribution in [3.05, 3.63) is 6.42 Å². The highest BCUT2D eigenvalue weighted by Crippen LogP contribution is 2.35. The average molecular weight is 166 g/mol. The average Bonchev–Trinajstić information content (AvgIpc) is 2.69. The van der Waals surface area contributed by atoms with Crippen molar-refractivity contribution < 1.29 is 0 Å². The van der Waals surface area contributed by atoms with Crippen molar-refractivity contribution in [2.75, 3.05) is 0 Å². The van der Waals surface area contributed by atoms with Crippen LogP contribution in [0, 0.1) is 11.8 Å². The van der Waals surface area contributed by atoms with Gasteiger partial charge in [-0.3, -0.25) is 0 Å². The van der Waals surface area contributed by atoms with Crippen LogP contribution in [0.25, 0.3) is 0 Å². The summed E-state index contributed by atoms with van der Waals surface area (Å²) in [5, 5.41) is 3.73. The molecule has 2 rings (SSSR count). The maximum Gasteiger partial charge on any atom is 0.00749 e. The minimum Gasteiger partial charge on any atom is -0.311 e. The molecule has 1 heteroatoms. The Morgan fingerprint density at radius 1 is 1.17 bits per heavy atom. The van der Waals surface area contributed by atoms with Crippen LogP contribution >= 0.6 is 0 Å². The van der Waals surface area contributed by atoms with Crippen molar-refractivity contribution in [2.24, 2.45) is 5.41 Å². The van der Waals surface area contributed by atoms with Crippen molar-refractivity contribution in [3.8, 4) is 0 Å². The van der Waals surface area contributed by atoms with Gasteiger partial charge in [0, 0.05) is 12.1 Å². The second kappa shape index (κ2) is 3.02. The smallest absolute Gasteiger partial charge is 0.00749 e. The molecule has 2 aliphatic rings. The van der Waals surface area contributed by atoms with Gasteiger partial charge in [-0.05, 0) is 43.9 Å². The van der Waals surface area contributed by atoms with Gasteiger partial charge in [-0.15, -0.1) is 0 Å². The second-order valence-electron chi connectivity index (χ2n) is 5.11. The third-order valence-electron chi connectivity index (χ3n) is 3.03. The Hall–Kier alpha value is -0.0400. The third kappa shape index (κ3) is 2.22. The van der Waals surface area contributed by atoms with Gasteiger partial charge in [-0.25, -0.2) is 0 Å². The molecule has 0 aromatic heterocycles. The van der Waals surface area contributed by atoms with Gasteiger partial charge in [0.15, 0.2) is 0 Å². The minimum atomic E-state index is 0.477. The summed E-state index contributed by atoms with van der Waals surface area (Å²) in [7, 11) is 0. The van der Waals surface area contributed by atoms with E-state index in [4.69, 9.17) is 0 Å². The van der Waals surface area contributed by atoms with E-state index in [0.717, 1.165) is 12.1 Å². The Kier molecular flexibility index (Phi) is 2.16. The first-order valence-electron chi connectivity index (χ1n) is 5.26. The molecule has 12 heavy (non-hydrogen) atoms. The van der Waals surface area contributed by atoms with E-state index in [2.05, 4.69) is 25.6 Å². The molecule has 2 saturated carbocycles. The van der Waals surface area contributed by atoms with Crippen LogP contribution < -0.4 is 5.32 Å². The van der Waals surface area contributed by atoms with Gasteiger partial charge in [-0.1, -0.05) is 13.8 Å². The molecule has 2 fully saturated rings. The zero-order valence-electron chi connectivity index (χ0n) is 8.27. The van der Waals surface area contributed by atoms with Crippen LogP contribution in [0.2, 0.25) is 0 Å². The lowest BCUT2D eigenvalue weighted by atomic mass is 9.75.